The van der Waals surface area contributed by atoms with E-state index in [4.69, 9.17) is 15.0 Å². The molecule has 236 valence electrons. The highest BCUT2D eigenvalue weighted by atomic mass is 15.0. The Kier molecular flexibility index (Phi) is 6.48. The van der Waals surface area contributed by atoms with E-state index >= 15 is 0 Å². The van der Waals surface area contributed by atoms with Crippen molar-refractivity contribution >= 4 is 65.4 Å². The molecule has 10 rings (SSSR count). The number of nitrogens with zero attached hydrogens (tertiary/aromatic N) is 5. The maximum atomic E-state index is 9.41. The van der Waals surface area contributed by atoms with E-state index in [2.05, 4.69) is 120 Å². The lowest BCUT2D eigenvalue weighted by atomic mass is 9.98. The van der Waals surface area contributed by atoms with Gasteiger partial charge < -0.3 is 4.57 Å². The second-order valence-corrected chi connectivity index (χ2v) is 12.8. The molecule has 0 amide bonds. The second kappa shape index (κ2) is 11.5. The van der Waals surface area contributed by atoms with Crippen LogP contribution in [0.1, 0.15) is 5.56 Å². The maximum Gasteiger partial charge on any atom is 0.164 e. The van der Waals surface area contributed by atoms with Gasteiger partial charge in [0.25, 0.3) is 0 Å². The summed E-state index contributed by atoms with van der Waals surface area (Å²) in [6.45, 7) is 0. The Hall–Kier alpha value is -7.16. The van der Waals surface area contributed by atoms with Gasteiger partial charge in [0.15, 0.2) is 17.1 Å². The standard InChI is InChI=1S/C46H27N5/c47-28-29-19-21-30(22-20-29)32-23-24-42-39(25-32)41-27-33-26-40(43(41)51(42)34-13-5-2-6-14-34)36-16-8-10-18-38(36)46-49-44(31-11-3-1-4-12-31)48-45(50-46)37-17-9-7-15-35(33)37/h1-27H. The Balaban J connectivity index is 1.44. The van der Waals surface area contributed by atoms with Crippen LogP contribution in [0.3, 0.4) is 0 Å². The third kappa shape index (κ3) is 4.66. The Labute approximate surface area is 293 Å². The van der Waals surface area contributed by atoms with Gasteiger partial charge in [-0.1, -0.05) is 115 Å². The molecule has 0 fully saturated rings. The average Bonchev–Trinajstić information content (AvgIpc) is 3.54. The molecule has 0 spiro atoms. The molecule has 0 aliphatic rings. The number of hydrogen-bond acceptors (Lipinski definition) is 4. The van der Waals surface area contributed by atoms with Crippen molar-refractivity contribution in [3.8, 4) is 34.3 Å². The van der Waals surface area contributed by atoms with E-state index in [0.29, 0.717) is 22.7 Å². The van der Waals surface area contributed by atoms with Gasteiger partial charge in [-0.15, -0.1) is 0 Å². The molecule has 0 atom stereocenters. The number of para-hydroxylation sites is 1. The predicted molar refractivity (Wildman–Crippen MR) is 209 cm³/mol. The van der Waals surface area contributed by atoms with Crippen molar-refractivity contribution in [3.05, 3.63) is 169 Å². The first-order chi connectivity index (χ1) is 25.2. The molecule has 3 aromatic heterocycles. The molecule has 0 aliphatic heterocycles. The summed E-state index contributed by atoms with van der Waals surface area (Å²) >= 11 is 0. The third-order valence-electron chi connectivity index (χ3n) is 9.83. The van der Waals surface area contributed by atoms with Gasteiger partial charge in [-0.2, -0.15) is 5.26 Å². The van der Waals surface area contributed by atoms with E-state index < -0.39 is 0 Å². The topological polar surface area (TPSA) is 67.4 Å². The quantitative estimate of drug-likeness (QED) is 0.191. The normalized spacial score (nSPS) is 11.5. The Bertz CT molecular complexity index is 3070. The van der Waals surface area contributed by atoms with Crippen molar-refractivity contribution in [3.63, 3.8) is 0 Å². The van der Waals surface area contributed by atoms with Gasteiger partial charge in [0.1, 0.15) is 0 Å². The SMILES string of the molecule is N#Cc1ccc(-c2ccc3c(c2)c2cc4cc(c5ccccc5c5nc(-c6ccccc6)nc(n5)c5ccccc45)c2n3-c2ccccc2)cc1. The van der Waals surface area contributed by atoms with Gasteiger partial charge in [-0.05, 0) is 75.8 Å². The van der Waals surface area contributed by atoms with Gasteiger partial charge in [0.2, 0.25) is 0 Å². The fraction of sp³-hybridized carbons (Fsp3) is 0. The molecule has 7 aromatic carbocycles. The number of benzene rings is 7. The van der Waals surface area contributed by atoms with E-state index in [9.17, 15) is 5.26 Å². The van der Waals surface area contributed by atoms with Crippen molar-refractivity contribution in [2.45, 2.75) is 0 Å². The maximum absolute atomic E-state index is 9.41. The highest BCUT2D eigenvalue weighted by Gasteiger charge is 2.18. The van der Waals surface area contributed by atoms with Crippen molar-refractivity contribution in [2.24, 2.45) is 0 Å². The molecule has 0 aliphatic carbocycles. The second-order valence-electron chi connectivity index (χ2n) is 12.8. The molecule has 5 heteroatoms. The summed E-state index contributed by atoms with van der Waals surface area (Å²) in [4.78, 5) is 15.3. The Morgan fingerprint density at radius 2 is 1.00 bits per heavy atom. The molecule has 4 bridgehead atoms. The van der Waals surface area contributed by atoms with Gasteiger partial charge >= 0.3 is 0 Å². The monoisotopic (exact) mass is 649 g/mol. The van der Waals surface area contributed by atoms with Crippen molar-refractivity contribution < 1.29 is 0 Å². The Morgan fingerprint density at radius 3 is 1.69 bits per heavy atom. The van der Waals surface area contributed by atoms with E-state index in [0.717, 1.165) is 76.5 Å². The van der Waals surface area contributed by atoms with Crippen molar-refractivity contribution in [2.75, 3.05) is 0 Å². The molecule has 0 saturated carbocycles. The summed E-state index contributed by atoms with van der Waals surface area (Å²) in [7, 11) is 0. The van der Waals surface area contributed by atoms with Gasteiger partial charge in [-0.25, -0.2) is 15.0 Å². The lowest BCUT2D eigenvalue weighted by Gasteiger charge is -2.11. The summed E-state index contributed by atoms with van der Waals surface area (Å²) in [5, 5.41) is 17.9. The zero-order chi connectivity index (χ0) is 33.9. The number of hydrogen-bond donors (Lipinski definition) is 0. The molecular formula is C46H27N5. The zero-order valence-corrected chi connectivity index (χ0v) is 27.3. The molecule has 3 heterocycles. The number of rotatable bonds is 3. The summed E-state index contributed by atoms with van der Waals surface area (Å²) in [5.74, 6) is 0.642. The molecule has 5 nitrogen and oxygen atoms in total. The molecule has 0 radical (unpaired) electrons. The highest BCUT2D eigenvalue weighted by molar-refractivity contribution is 6.24. The van der Waals surface area contributed by atoms with E-state index in [1.807, 2.05) is 54.6 Å². The van der Waals surface area contributed by atoms with Crippen LogP contribution in [0.5, 0.6) is 0 Å². The molecular weight excluding hydrogens is 623 g/mol. The van der Waals surface area contributed by atoms with Crippen LogP contribution in [0.25, 0.3) is 93.6 Å². The number of nitriles is 1. The fourth-order valence-electron chi connectivity index (χ4n) is 7.45. The van der Waals surface area contributed by atoms with Crippen LogP contribution in [-0.2, 0) is 0 Å². The van der Waals surface area contributed by atoms with Crippen LogP contribution >= 0.6 is 0 Å². The van der Waals surface area contributed by atoms with Crippen LogP contribution < -0.4 is 0 Å². The fourth-order valence-corrected chi connectivity index (χ4v) is 7.45. The van der Waals surface area contributed by atoms with Crippen LogP contribution in [-0.4, -0.2) is 19.5 Å². The van der Waals surface area contributed by atoms with E-state index in [1.165, 1.54) is 0 Å². The first-order valence-corrected chi connectivity index (χ1v) is 16.9. The predicted octanol–water partition coefficient (Wildman–Crippen LogP) is 11.3. The lowest BCUT2D eigenvalue weighted by molar-refractivity contribution is 1.18. The zero-order valence-electron chi connectivity index (χ0n) is 27.3. The van der Waals surface area contributed by atoms with E-state index in [-0.39, 0.29) is 0 Å². The minimum atomic E-state index is 0.634. The van der Waals surface area contributed by atoms with Crippen LogP contribution in [0.2, 0.25) is 0 Å². The molecule has 10 aromatic rings. The van der Waals surface area contributed by atoms with Crippen LogP contribution in [0.4, 0.5) is 0 Å². The summed E-state index contributed by atoms with van der Waals surface area (Å²) in [6.07, 6.45) is 0. The van der Waals surface area contributed by atoms with Gasteiger partial charge in [0, 0.05) is 38.2 Å². The molecule has 51 heavy (non-hydrogen) atoms. The Morgan fingerprint density at radius 1 is 0.431 bits per heavy atom. The third-order valence-corrected chi connectivity index (χ3v) is 9.83. The van der Waals surface area contributed by atoms with Crippen molar-refractivity contribution in [1.29, 1.82) is 5.26 Å². The first-order valence-electron chi connectivity index (χ1n) is 16.9. The van der Waals surface area contributed by atoms with Crippen LogP contribution in [0, 0.1) is 11.3 Å². The smallest absolute Gasteiger partial charge is 0.164 e. The lowest BCUT2D eigenvalue weighted by Crippen LogP contribution is -1.96. The number of fused-ring (bicyclic) bond motifs is 14. The number of aromatic nitrogens is 4. The van der Waals surface area contributed by atoms with Crippen LogP contribution in [0.15, 0.2) is 164 Å². The summed E-state index contributed by atoms with van der Waals surface area (Å²) < 4.78 is 2.38. The first kappa shape index (κ1) is 28.8. The van der Waals surface area contributed by atoms with Gasteiger partial charge in [-0.3, -0.25) is 0 Å². The summed E-state index contributed by atoms with van der Waals surface area (Å²) in [6, 6.07) is 58.9. The minimum Gasteiger partial charge on any atom is -0.309 e. The average molecular weight is 650 g/mol. The molecule has 0 saturated heterocycles. The highest BCUT2D eigenvalue weighted by Crippen LogP contribution is 2.41. The van der Waals surface area contributed by atoms with Crippen molar-refractivity contribution in [1.82, 2.24) is 19.5 Å². The molecule has 0 unspecified atom stereocenters. The van der Waals surface area contributed by atoms with Gasteiger partial charge in [0.05, 0.1) is 22.7 Å². The van der Waals surface area contributed by atoms with E-state index in [1.54, 1.807) is 0 Å². The largest absolute Gasteiger partial charge is 0.309 e. The summed E-state index contributed by atoms with van der Waals surface area (Å²) in [5.41, 5.74) is 8.32. The molecule has 0 N–H and O–H groups in total. The minimum absolute atomic E-state index is 0.634.